The third-order valence-electron chi connectivity index (χ3n) is 4.76. The molecule has 29 heavy (non-hydrogen) atoms. The maximum Gasteiger partial charge on any atom is 0.264 e. The van der Waals surface area contributed by atoms with E-state index in [0.717, 1.165) is 23.2 Å². The number of hydrogen-bond donors (Lipinski definition) is 0. The van der Waals surface area contributed by atoms with Crippen LogP contribution in [0.3, 0.4) is 0 Å². The van der Waals surface area contributed by atoms with Crippen molar-refractivity contribution < 1.29 is 21.7 Å². The number of ether oxygens (including phenoxy) is 1. The first-order chi connectivity index (χ1) is 13.7. The van der Waals surface area contributed by atoms with Crippen LogP contribution in [-0.2, 0) is 20.9 Å². The van der Waals surface area contributed by atoms with Crippen LogP contribution in [0.25, 0.3) is 4.96 Å². The van der Waals surface area contributed by atoms with E-state index in [2.05, 4.69) is 4.98 Å². The molecule has 0 bridgehead atoms. The summed E-state index contributed by atoms with van der Waals surface area (Å²) >= 11 is 1.41. The van der Waals surface area contributed by atoms with Crippen molar-refractivity contribution in [1.82, 2.24) is 9.38 Å². The molecule has 2 atom stereocenters. The van der Waals surface area contributed by atoms with Crippen molar-refractivity contribution in [2.75, 3.05) is 12.9 Å². The zero-order valence-electron chi connectivity index (χ0n) is 15.8. The van der Waals surface area contributed by atoms with Gasteiger partial charge in [0.15, 0.2) is 4.96 Å². The Morgan fingerprint density at radius 2 is 2.03 bits per heavy atom. The van der Waals surface area contributed by atoms with E-state index in [1.165, 1.54) is 41.7 Å². The highest BCUT2D eigenvalue weighted by molar-refractivity contribution is 7.85. The van der Waals surface area contributed by atoms with E-state index in [9.17, 15) is 17.6 Å². The smallest absolute Gasteiger partial charge is 0.264 e. The van der Waals surface area contributed by atoms with Crippen molar-refractivity contribution in [2.45, 2.75) is 25.9 Å². The standard InChI is InChI=1S/C19H19FN2O5S2/c1-11-18(16-7-12(16)9-27-29(2,24)25)22-17(23)8-14(21-19(22)28-11)10-26-15-5-3-13(20)4-6-15/h3-6,8,12,16H,7,9-10H2,1-2H3. The number of aromatic nitrogens is 2. The normalized spacial score (nSPS) is 18.9. The summed E-state index contributed by atoms with van der Waals surface area (Å²) in [5.41, 5.74) is 1.15. The lowest BCUT2D eigenvalue weighted by Crippen LogP contribution is -2.17. The fraction of sp³-hybridized carbons (Fsp3) is 0.368. The Hall–Kier alpha value is -2.30. The molecule has 0 aliphatic heterocycles. The van der Waals surface area contributed by atoms with Gasteiger partial charge in [-0.3, -0.25) is 13.4 Å². The average Bonchev–Trinajstić information content (AvgIpc) is 3.33. The van der Waals surface area contributed by atoms with Gasteiger partial charge in [-0.05, 0) is 43.5 Å². The predicted octanol–water partition coefficient (Wildman–Crippen LogP) is 2.86. The van der Waals surface area contributed by atoms with Gasteiger partial charge >= 0.3 is 0 Å². The Kier molecular flexibility index (Phi) is 5.18. The van der Waals surface area contributed by atoms with Crippen molar-refractivity contribution in [3.05, 3.63) is 62.8 Å². The minimum Gasteiger partial charge on any atom is -0.487 e. The lowest BCUT2D eigenvalue weighted by atomic mass is 10.2. The molecule has 7 nitrogen and oxygen atoms in total. The van der Waals surface area contributed by atoms with Crippen LogP contribution in [0.5, 0.6) is 5.75 Å². The van der Waals surface area contributed by atoms with Crippen LogP contribution in [0.2, 0.25) is 0 Å². The second kappa shape index (κ2) is 7.51. The first-order valence-corrected chi connectivity index (χ1v) is 11.6. The van der Waals surface area contributed by atoms with Crippen molar-refractivity contribution in [3.63, 3.8) is 0 Å². The predicted molar refractivity (Wildman–Crippen MR) is 106 cm³/mol. The van der Waals surface area contributed by atoms with Crippen LogP contribution in [0, 0.1) is 18.7 Å². The molecular weight excluding hydrogens is 419 g/mol. The molecule has 0 amide bonds. The monoisotopic (exact) mass is 438 g/mol. The minimum absolute atomic E-state index is 0.0645. The molecule has 0 N–H and O–H groups in total. The van der Waals surface area contributed by atoms with E-state index in [4.69, 9.17) is 8.92 Å². The lowest BCUT2D eigenvalue weighted by Gasteiger charge is -2.07. The highest BCUT2D eigenvalue weighted by atomic mass is 32.2. The van der Waals surface area contributed by atoms with Crippen molar-refractivity contribution in [2.24, 2.45) is 5.92 Å². The van der Waals surface area contributed by atoms with Crippen LogP contribution in [0.4, 0.5) is 4.39 Å². The lowest BCUT2D eigenvalue weighted by molar-refractivity contribution is 0.301. The zero-order chi connectivity index (χ0) is 20.8. The van der Waals surface area contributed by atoms with Crippen LogP contribution in [-0.4, -0.2) is 30.7 Å². The number of aryl methyl sites for hydroxylation is 1. The Labute approximate surface area is 170 Å². The van der Waals surface area contributed by atoms with E-state index >= 15 is 0 Å². The third-order valence-corrected chi connectivity index (χ3v) is 6.29. The van der Waals surface area contributed by atoms with Gasteiger partial charge in [0, 0.05) is 22.6 Å². The van der Waals surface area contributed by atoms with Crippen LogP contribution in [0.15, 0.2) is 35.1 Å². The highest BCUT2D eigenvalue weighted by Crippen LogP contribution is 2.49. The number of thiazole rings is 1. The molecule has 4 rings (SSSR count). The molecule has 0 spiro atoms. The van der Waals surface area contributed by atoms with E-state index in [1.54, 1.807) is 4.40 Å². The molecule has 2 aromatic heterocycles. The molecule has 3 aromatic rings. The number of nitrogens with zero attached hydrogens (tertiary/aromatic N) is 2. The molecule has 0 saturated heterocycles. The summed E-state index contributed by atoms with van der Waals surface area (Å²) in [6.07, 6.45) is 1.80. The summed E-state index contributed by atoms with van der Waals surface area (Å²) in [7, 11) is -3.48. The molecule has 154 valence electrons. The number of fused-ring (bicyclic) bond motifs is 1. The third kappa shape index (κ3) is 4.49. The van der Waals surface area contributed by atoms with Crippen LogP contribution < -0.4 is 10.3 Å². The largest absolute Gasteiger partial charge is 0.487 e. The van der Waals surface area contributed by atoms with Crippen LogP contribution in [0.1, 0.15) is 28.6 Å². The van der Waals surface area contributed by atoms with E-state index in [1.807, 2.05) is 6.92 Å². The molecule has 0 radical (unpaired) electrons. The highest BCUT2D eigenvalue weighted by Gasteiger charge is 2.42. The Morgan fingerprint density at radius 1 is 1.31 bits per heavy atom. The molecule has 2 heterocycles. The molecule has 1 fully saturated rings. The molecule has 2 unspecified atom stereocenters. The van der Waals surface area contributed by atoms with Crippen molar-refractivity contribution in [1.29, 1.82) is 0 Å². The fourth-order valence-corrected chi connectivity index (χ4v) is 4.80. The Balaban J connectivity index is 1.54. The van der Waals surface area contributed by atoms with Gasteiger partial charge in [0.25, 0.3) is 15.7 Å². The first-order valence-electron chi connectivity index (χ1n) is 8.96. The van der Waals surface area contributed by atoms with Crippen molar-refractivity contribution in [3.8, 4) is 5.75 Å². The quantitative estimate of drug-likeness (QED) is 0.527. The molecule has 10 heteroatoms. The maximum atomic E-state index is 13.0. The Morgan fingerprint density at radius 3 is 2.72 bits per heavy atom. The zero-order valence-corrected chi connectivity index (χ0v) is 17.4. The van der Waals surface area contributed by atoms with Gasteiger partial charge in [-0.25, -0.2) is 9.37 Å². The second-order valence-electron chi connectivity index (χ2n) is 7.08. The summed E-state index contributed by atoms with van der Waals surface area (Å²) in [6.45, 7) is 2.14. The van der Waals surface area contributed by atoms with Gasteiger partial charge in [-0.2, -0.15) is 8.42 Å². The molecule has 1 saturated carbocycles. The minimum atomic E-state index is -3.48. The van der Waals surface area contributed by atoms with E-state index in [-0.39, 0.29) is 36.4 Å². The van der Waals surface area contributed by atoms with Gasteiger partial charge in [0.1, 0.15) is 18.2 Å². The molecule has 1 aliphatic carbocycles. The maximum absolute atomic E-state index is 13.0. The summed E-state index contributed by atoms with van der Waals surface area (Å²) < 4.78 is 47.4. The van der Waals surface area contributed by atoms with Gasteiger partial charge in [-0.1, -0.05) is 0 Å². The van der Waals surface area contributed by atoms with Crippen molar-refractivity contribution >= 4 is 26.4 Å². The SMILES string of the molecule is Cc1sc2nc(COc3ccc(F)cc3)cc(=O)n2c1C1CC1COS(C)(=O)=O. The summed E-state index contributed by atoms with van der Waals surface area (Å²) in [4.78, 5) is 18.8. The molecule has 1 aromatic carbocycles. The van der Waals surface area contributed by atoms with Gasteiger partial charge in [-0.15, -0.1) is 11.3 Å². The van der Waals surface area contributed by atoms with E-state index < -0.39 is 10.1 Å². The summed E-state index contributed by atoms with van der Waals surface area (Å²) in [6, 6.07) is 7.06. The van der Waals surface area contributed by atoms with Gasteiger partial charge < -0.3 is 4.74 Å². The first kappa shape index (κ1) is 20.0. The van der Waals surface area contributed by atoms with Crippen LogP contribution >= 0.6 is 11.3 Å². The topological polar surface area (TPSA) is 87.0 Å². The average molecular weight is 439 g/mol. The van der Waals surface area contributed by atoms with Gasteiger partial charge in [0.2, 0.25) is 0 Å². The van der Waals surface area contributed by atoms with Gasteiger partial charge in [0.05, 0.1) is 18.6 Å². The fourth-order valence-electron chi connectivity index (χ4n) is 3.31. The molecular formula is C19H19FN2O5S2. The summed E-state index contributed by atoms with van der Waals surface area (Å²) in [5.74, 6) is 0.279. The number of hydrogen-bond acceptors (Lipinski definition) is 7. The second-order valence-corrected chi connectivity index (χ2v) is 9.91. The number of benzene rings is 1. The number of halogens is 1. The number of rotatable bonds is 7. The Bertz CT molecular complexity index is 1220. The molecule has 1 aliphatic rings. The summed E-state index contributed by atoms with van der Waals surface area (Å²) in [5, 5.41) is 0. The van der Waals surface area contributed by atoms with E-state index in [0.29, 0.717) is 16.4 Å².